The van der Waals surface area contributed by atoms with Crippen LogP contribution in [0.4, 0.5) is 5.82 Å². The van der Waals surface area contributed by atoms with Crippen molar-refractivity contribution in [1.82, 2.24) is 15.2 Å². The van der Waals surface area contributed by atoms with E-state index in [1.165, 1.54) is 5.56 Å². The maximum atomic E-state index is 12.5. The average Bonchev–Trinajstić information content (AvgIpc) is 2.74. The summed E-state index contributed by atoms with van der Waals surface area (Å²) in [7, 11) is 0. The molecule has 1 aliphatic heterocycles. The lowest BCUT2D eigenvalue weighted by atomic mass is 9.87. The fourth-order valence-electron chi connectivity index (χ4n) is 3.40. The Bertz CT molecular complexity index is 868. The maximum Gasteiger partial charge on any atom is 0.251 e. The Morgan fingerprint density at radius 3 is 2.27 bits per heavy atom. The highest BCUT2D eigenvalue weighted by molar-refractivity contribution is 6.30. The van der Waals surface area contributed by atoms with Gasteiger partial charge in [-0.05, 0) is 35.2 Å². The van der Waals surface area contributed by atoms with Gasteiger partial charge in [0.1, 0.15) is 5.82 Å². The highest BCUT2D eigenvalue weighted by Crippen LogP contribution is 2.22. The first-order valence-corrected chi connectivity index (χ1v) is 10.6. The molecule has 1 aliphatic rings. The summed E-state index contributed by atoms with van der Waals surface area (Å²) in [4.78, 5) is 33.1. The summed E-state index contributed by atoms with van der Waals surface area (Å²) in [6, 6.07) is 11.3. The smallest absolute Gasteiger partial charge is 0.251 e. The van der Waals surface area contributed by atoms with Gasteiger partial charge in [0.15, 0.2) is 0 Å². The van der Waals surface area contributed by atoms with E-state index in [1.54, 1.807) is 6.20 Å². The predicted octanol–water partition coefficient (Wildman–Crippen LogP) is 3.50. The Labute approximate surface area is 183 Å². The molecule has 0 unspecified atom stereocenters. The maximum absolute atomic E-state index is 12.5. The number of benzene rings is 1. The Morgan fingerprint density at radius 2 is 1.70 bits per heavy atom. The molecule has 7 heteroatoms. The van der Waals surface area contributed by atoms with Gasteiger partial charge in [0.2, 0.25) is 5.91 Å². The largest absolute Gasteiger partial charge is 0.353 e. The van der Waals surface area contributed by atoms with Crippen LogP contribution in [0.1, 0.15) is 43.1 Å². The van der Waals surface area contributed by atoms with Gasteiger partial charge in [-0.25, -0.2) is 4.98 Å². The number of pyridine rings is 1. The summed E-state index contributed by atoms with van der Waals surface area (Å²) in [5.74, 6) is 0.778. The Balaban J connectivity index is 1.41. The second kappa shape index (κ2) is 9.47. The van der Waals surface area contributed by atoms with Gasteiger partial charge in [0, 0.05) is 50.9 Å². The summed E-state index contributed by atoms with van der Waals surface area (Å²) in [5, 5.41) is 3.46. The number of amides is 2. The van der Waals surface area contributed by atoms with Crippen molar-refractivity contribution < 1.29 is 9.59 Å². The van der Waals surface area contributed by atoms with Gasteiger partial charge in [-0.3, -0.25) is 9.59 Å². The Kier molecular flexibility index (Phi) is 6.98. The first-order chi connectivity index (χ1) is 14.2. The molecular weight excluding hydrogens is 400 g/mol. The summed E-state index contributed by atoms with van der Waals surface area (Å²) >= 11 is 5.89. The first kappa shape index (κ1) is 22.1. The van der Waals surface area contributed by atoms with Gasteiger partial charge in [0.05, 0.1) is 5.02 Å². The number of nitrogens with zero attached hydrogens (tertiary/aromatic N) is 3. The van der Waals surface area contributed by atoms with Gasteiger partial charge < -0.3 is 15.1 Å². The second-order valence-corrected chi connectivity index (χ2v) is 8.97. The molecule has 0 atom stereocenters. The van der Waals surface area contributed by atoms with Crippen LogP contribution < -0.4 is 10.2 Å². The number of carbonyl (C=O) groups excluding carboxylic acids is 2. The molecule has 1 saturated heterocycles. The van der Waals surface area contributed by atoms with E-state index in [1.807, 2.05) is 41.3 Å². The molecule has 1 aromatic heterocycles. The van der Waals surface area contributed by atoms with Crippen molar-refractivity contribution in [1.29, 1.82) is 0 Å². The van der Waals surface area contributed by atoms with Gasteiger partial charge in [-0.15, -0.1) is 0 Å². The van der Waals surface area contributed by atoms with Crippen LogP contribution >= 0.6 is 11.6 Å². The van der Waals surface area contributed by atoms with E-state index in [9.17, 15) is 9.59 Å². The van der Waals surface area contributed by atoms with E-state index in [-0.39, 0.29) is 17.2 Å². The number of carbonyl (C=O) groups is 2. The predicted molar refractivity (Wildman–Crippen MR) is 120 cm³/mol. The molecule has 2 heterocycles. The first-order valence-electron chi connectivity index (χ1n) is 10.3. The van der Waals surface area contributed by atoms with Crippen molar-refractivity contribution in [3.63, 3.8) is 0 Å². The van der Waals surface area contributed by atoms with E-state index >= 15 is 0 Å². The van der Waals surface area contributed by atoms with Crippen LogP contribution in [-0.2, 0) is 10.2 Å². The van der Waals surface area contributed by atoms with Crippen LogP contribution in [-0.4, -0.2) is 54.4 Å². The normalized spacial score (nSPS) is 14.5. The Morgan fingerprint density at radius 1 is 1.03 bits per heavy atom. The highest BCUT2D eigenvalue weighted by Gasteiger charge is 2.22. The minimum absolute atomic E-state index is 0.0507. The number of hydrogen-bond donors (Lipinski definition) is 1. The van der Waals surface area contributed by atoms with E-state index < -0.39 is 0 Å². The number of piperazine rings is 1. The van der Waals surface area contributed by atoms with Crippen LogP contribution in [0, 0.1) is 0 Å². The van der Waals surface area contributed by atoms with Crippen molar-refractivity contribution in [2.75, 3.05) is 37.6 Å². The lowest BCUT2D eigenvalue weighted by Gasteiger charge is -2.35. The molecule has 30 heavy (non-hydrogen) atoms. The molecule has 0 saturated carbocycles. The van der Waals surface area contributed by atoms with Gasteiger partial charge in [-0.1, -0.05) is 44.5 Å². The van der Waals surface area contributed by atoms with Crippen LogP contribution in [0.3, 0.4) is 0 Å². The molecule has 3 rings (SSSR count). The molecule has 2 aromatic rings. The lowest BCUT2D eigenvalue weighted by molar-refractivity contribution is -0.131. The molecule has 6 nitrogen and oxygen atoms in total. The standard InChI is InChI=1S/C23H29ClN4O2/c1-23(2,3)18-6-4-17(5-7-18)22(30)25-11-10-21(29)28-14-12-27(13-15-28)20-9-8-19(24)16-26-20/h4-9,16H,10-15H2,1-3H3,(H,25,30). The molecule has 1 N–H and O–H groups in total. The van der Waals surface area contributed by atoms with E-state index in [0.29, 0.717) is 36.6 Å². The molecule has 0 aliphatic carbocycles. The van der Waals surface area contributed by atoms with Gasteiger partial charge >= 0.3 is 0 Å². The van der Waals surface area contributed by atoms with E-state index in [2.05, 4.69) is 36.0 Å². The monoisotopic (exact) mass is 428 g/mol. The number of rotatable bonds is 5. The third-order valence-electron chi connectivity index (χ3n) is 5.31. The molecule has 1 aromatic carbocycles. The fourth-order valence-corrected chi connectivity index (χ4v) is 3.52. The van der Waals surface area contributed by atoms with Crippen molar-refractivity contribution >= 4 is 29.2 Å². The molecule has 0 radical (unpaired) electrons. The molecule has 0 bridgehead atoms. The highest BCUT2D eigenvalue weighted by atomic mass is 35.5. The van der Waals surface area contributed by atoms with Crippen LogP contribution in [0.5, 0.6) is 0 Å². The number of aromatic nitrogens is 1. The summed E-state index contributed by atoms with van der Waals surface area (Å²) in [5.41, 5.74) is 1.84. The minimum atomic E-state index is -0.151. The average molecular weight is 429 g/mol. The third-order valence-corrected chi connectivity index (χ3v) is 5.53. The fraction of sp³-hybridized carbons (Fsp3) is 0.435. The van der Waals surface area contributed by atoms with Crippen LogP contribution in [0.2, 0.25) is 5.02 Å². The molecule has 160 valence electrons. The number of hydrogen-bond acceptors (Lipinski definition) is 4. The van der Waals surface area contributed by atoms with Crippen molar-refractivity contribution in [2.45, 2.75) is 32.6 Å². The zero-order chi connectivity index (χ0) is 21.7. The molecule has 2 amide bonds. The molecule has 0 spiro atoms. The summed E-state index contributed by atoms with van der Waals surface area (Å²) < 4.78 is 0. The van der Waals surface area contributed by atoms with E-state index in [4.69, 9.17) is 11.6 Å². The number of anilines is 1. The number of nitrogens with one attached hydrogen (secondary N) is 1. The SMILES string of the molecule is CC(C)(C)c1ccc(C(=O)NCCC(=O)N2CCN(c3ccc(Cl)cn3)CC2)cc1. The summed E-state index contributed by atoms with van der Waals surface area (Å²) in [6.45, 7) is 9.49. The van der Waals surface area contributed by atoms with Gasteiger partial charge in [-0.2, -0.15) is 0 Å². The van der Waals surface area contributed by atoms with Crippen LogP contribution in [0.15, 0.2) is 42.6 Å². The zero-order valence-corrected chi connectivity index (χ0v) is 18.6. The summed E-state index contributed by atoms with van der Waals surface area (Å²) in [6.07, 6.45) is 1.93. The zero-order valence-electron chi connectivity index (χ0n) is 17.8. The van der Waals surface area contributed by atoms with Crippen molar-refractivity contribution in [3.05, 3.63) is 58.7 Å². The lowest BCUT2D eigenvalue weighted by Crippen LogP contribution is -2.49. The van der Waals surface area contributed by atoms with Gasteiger partial charge in [0.25, 0.3) is 5.91 Å². The Hall–Kier alpha value is -2.60. The number of halogens is 1. The third kappa shape index (κ3) is 5.72. The quantitative estimate of drug-likeness (QED) is 0.791. The topological polar surface area (TPSA) is 65.5 Å². The van der Waals surface area contributed by atoms with Crippen molar-refractivity contribution in [2.24, 2.45) is 0 Å². The molecule has 1 fully saturated rings. The second-order valence-electron chi connectivity index (χ2n) is 8.54. The minimum Gasteiger partial charge on any atom is -0.353 e. The molecular formula is C23H29ClN4O2. The van der Waals surface area contributed by atoms with Crippen LogP contribution in [0.25, 0.3) is 0 Å². The van der Waals surface area contributed by atoms with Crippen molar-refractivity contribution in [3.8, 4) is 0 Å². The van der Waals surface area contributed by atoms with E-state index in [0.717, 1.165) is 18.9 Å².